The van der Waals surface area contributed by atoms with E-state index in [0.717, 1.165) is 6.42 Å². The Hall–Kier alpha value is -0.610. The molecule has 1 atom stereocenters. The highest BCUT2D eigenvalue weighted by Gasteiger charge is 2.17. The lowest BCUT2D eigenvalue weighted by molar-refractivity contribution is -0.121. The number of aliphatic hydroxyl groups is 1. The van der Waals surface area contributed by atoms with Crippen LogP contribution in [0.2, 0.25) is 0 Å². The Morgan fingerprint density at radius 3 is 2.47 bits per heavy atom. The predicted molar refractivity (Wildman–Crippen MR) is 61.7 cm³/mol. The van der Waals surface area contributed by atoms with Crippen LogP contribution in [-0.4, -0.2) is 35.7 Å². The van der Waals surface area contributed by atoms with Crippen LogP contribution in [0.3, 0.4) is 0 Å². The van der Waals surface area contributed by atoms with Gasteiger partial charge in [-0.25, -0.2) is 0 Å². The zero-order chi connectivity index (χ0) is 11.9. The molecule has 0 aromatic heterocycles. The molecule has 1 unspecified atom stereocenters. The quantitative estimate of drug-likeness (QED) is 0.585. The first-order valence-electron chi connectivity index (χ1n) is 5.61. The van der Waals surface area contributed by atoms with Crippen molar-refractivity contribution in [3.8, 4) is 0 Å². The van der Waals surface area contributed by atoms with Crippen molar-refractivity contribution in [2.45, 2.75) is 52.2 Å². The summed E-state index contributed by atoms with van der Waals surface area (Å²) >= 11 is 0. The van der Waals surface area contributed by atoms with Crippen LogP contribution in [0.4, 0.5) is 0 Å². The third-order valence-corrected chi connectivity index (χ3v) is 2.50. The summed E-state index contributed by atoms with van der Waals surface area (Å²) in [5.74, 6) is -0.0230. The van der Waals surface area contributed by atoms with Crippen molar-refractivity contribution < 1.29 is 9.90 Å². The van der Waals surface area contributed by atoms with Crippen molar-refractivity contribution in [2.75, 3.05) is 13.1 Å². The number of hydrogen-bond donors (Lipinski definition) is 3. The molecule has 0 aliphatic carbocycles. The van der Waals surface area contributed by atoms with E-state index in [1.165, 1.54) is 0 Å². The van der Waals surface area contributed by atoms with Gasteiger partial charge in [0.25, 0.3) is 0 Å². The molecular weight excluding hydrogens is 192 g/mol. The van der Waals surface area contributed by atoms with Gasteiger partial charge in [0.1, 0.15) is 0 Å². The first kappa shape index (κ1) is 14.4. The van der Waals surface area contributed by atoms with Crippen molar-refractivity contribution in [1.82, 2.24) is 10.6 Å². The van der Waals surface area contributed by atoms with Crippen LogP contribution in [0.25, 0.3) is 0 Å². The van der Waals surface area contributed by atoms with Crippen molar-refractivity contribution in [1.29, 1.82) is 0 Å². The van der Waals surface area contributed by atoms with Gasteiger partial charge in [-0.05, 0) is 26.7 Å². The largest absolute Gasteiger partial charge is 0.392 e. The van der Waals surface area contributed by atoms with Crippen LogP contribution in [0, 0.1) is 0 Å². The van der Waals surface area contributed by atoms with Gasteiger partial charge in [-0.15, -0.1) is 0 Å². The average Bonchev–Trinajstić information content (AvgIpc) is 2.16. The highest BCUT2D eigenvalue weighted by molar-refractivity contribution is 5.78. The van der Waals surface area contributed by atoms with E-state index >= 15 is 0 Å². The summed E-state index contributed by atoms with van der Waals surface area (Å²) in [5.41, 5.74) is -0.151. The molecule has 90 valence electrons. The number of rotatable bonds is 7. The van der Waals surface area contributed by atoms with Crippen LogP contribution >= 0.6 is 0 Å². The second-order valence-electron chi connectivity index (χ2n) is 4.48. The lowest BCUT2D eigenvalue weighted by atomic mass is 10.0. The van der Waals surface area contributed by atoms with E-state index in [4.69, 9.17) is 0 Å². The number of carbonyl (C=O) groups is 1. The van der Waals surface area contributed by atoms with E-state index in [1.807, 2.05) is 27.7 Å². The van der Waals surface area contributed by atoms with E-state index in [-0.39, 0.29) is 24.1 Å². The minimum atomic E-state index is -0.364. The summed E-state index contributed by atoms with van der Waals surface area (Å²) in [6.45, 7) is 8.66. The molecule has 4 nitrogen and oxygen atoms in total. The van der Waals surface area contributed by atoms with Gasteiger partial charge in [0.2, 0.25) is 5.91 Å². The molecule has 4 heteroatoms. The van der Waals surface area contributed by atoms with E-state index in [1.54, 1.807) is 0 Å². The highest BCUT2D eigenvalue weighted by atomic mass is 16.3. The summed E-state index contributed by atoms with van der Waals surface area (Å²) in [6, 6.07) is 0. The first-order valence-corrected chi connectivity index (χ1v) is 5.61. The standard InChI is InChI=1S/C11H24N2O2/c1-5-9(14)7-12-8-10(15)13-11(3,4)6-2/h9,12,14H,5-8H2,1-4H3,(H,13,15). The monoisotopic (exact) mass is 216 g/mol. The molecule has 0 aliphatic heterocycles. The van der Waals surface area contributed by atoms with E-state index < -0.39 is 0 Å². The lowest BCUT2D eigenvalue weighted by Gasteiger charge is -2.24. The zero-order valence-electron chi connectivity index (χ0n) is 10.3. The summed E-state index contributed by atoms with van der Waals surface area (Å²) < 4.78 is 0. The molecule has 0 saturated carbocycles. The Kier molecular flexibility index (Phi) is 6.52. The Balaban J connectivity index is 3.67. The summed E-state index contributed by atoms with van der Waals surface area (Å²) in [5, 5.41) is 15.1. The van der Waals surface area contributed by atoms with Crippen LogP contribution in [0.15, 0.2) is 0 Å². The zero-order valence-corrected chi connectivity index (χ0v) is 10.3. The fourth-order valence-corrected chi connectivity index (χ4v) is 1.01. The third-order valence-electron chi connectivity index (χ3n) is 2.50. The molecule has 0 rings (SSSR count). The molecule has 0 spiro atoms. The fraction of sp³-hybridized carbons (Fsp3) is 0.909. The summed E-state index contributed by atoms with van der Waals surface area (Å²) in [6.07, 6.45) is 1.24. The molecule has 0 bridgehead atoms. The highest BCUT2D eigenvalue weighted by Crippen LogP contribution is 2.05. The fourth-order valence-electron chi connectivity index (χ4n) is 1.01. The summed E-state index contributed by atoms with van der Waals surface area (Å²) in [4.78, 5) is 11.4. The Morgan fingerprint density at radius 1 is 1.40 bits per heavy atom. The molecular formula is C11H24N2O2. The number of aliphatic hydroxyl groups excluding tert-OH is 1. The average molecular weight is 216 g/mol. The van der Waals surface area contributed by atoms with Crippen molar-refractivity contribution in [3.63, 3.8) is 0 Å². The van der Waals surface area contributed by atoms with Gasteiger partial charge in [0.15, 0.2) is 0 Å². The molecule has 0 aliphatic rings. The predicted octanol–water partition coefficient (Wildman–Crippen LogP) is 0.652. The molecule has 15 heavy (non-hydrogen) atoms. The van der Waals surface area contributed by atoms with E-state index in [0.29, 0.717) is 13.0 Å². The Labute approximate surface area is 92.4 Å². The van der Waals surface area contributed by atoms with Gasteiger partial charge in [-0.2, -0.15) is 0 Å². The minimum Gasteiger partial charge on any atom is -0.392 e. The van der Waals surface area contributed by atoms with Gasteiger partial charge >= 0.3 is 0 Å². The topological polar surface area (TPSA) is 61.4 Å². The van der Waals surface area contributed by atoms with Crippen molar-refractivity contribution in [2.24, 2.45) is 0 Å². The van der Waals surface area contributed by atoms with Crippen LogP contribution in [0.1, 0.15) is 40.5 Å². The van der Waals surface area contributed by atoms with Crippen LogP contribution < -0.4 is 10.6 Å². The molecule has 0 aromatic carbocycles. The molecule has 1 amide bonds. The van der Waals surface area contributed by atoms with E-state index in [2.05, 4.69) is 10.6 Å². The number of nitrogens with one attached hydrogen (secondary N) is 2. The number of amides is 1. The van der Waals surface area contributed by atoms with Crippen molar-refractivity contribution >= 4 is 5.91 Å². The summed E-state index contributed by atoms with van der Waals surface area (Å²) in [7, 11) is 0. The SMILES string of the molecule is CCC(O)CNCC(=O)NC(C)(C)CC. The Morgan fingerprint density at radius 2 is 2.00 bits per heavy atom. The molecule has 3 N–H and O–H groups in total. The molecule has 0 heterocycles. The van der Waals surface area contributed by atoms with Crippen LogP contribution in [0.5, 0.6) is 0 Å². The van der Waals surface area contributed by atoms with E-state index in [9.17, 15) is 9.90 Å². The normalized spacial score (nSPS) is 13.7. The molecule has 0 saturated heterocycles. The first-order chi connectivity index (χ1) is 6.91. The maximum absolute atomic E-state index is 11.4. The Bertz CT molecular complexity index is 193. The minimum absolute atomic E-state index is 0.0230. The van der Waals surface area contributed by atoms with Gasteiger partial charge in [0.05, 0.1) is 12.6 Å². The lowest BCUT2D eigenvalue weighted by Crippen LogP contribution is -2.47. The number of hydrogen-bond acceptors (Lipinski definition) is 3. The van der Waals surface area contributed by atoms with Crippen LogP contribution in [-0.2, 0) is 4.79 Å². The van der Waals surface area contributed by atoms with Gasteiger partial charge < -0.3 is 15.7 Å². The maximum Gasteiger partial charge on any atom is 0.234 e. The smallest absolute Gasteiger partial charge is 0.234 e. The molecule has 0 fully saturated rings. The molecule has 0 aromatic rings. The number of carbonyl (C=O) groups excluding carboxylic acids is 1. The second-order valence-corrected chi connectivity index (χ2v) is 4.48. The van der Waals surface area contributed by atoms with Crippen molar-refractivity contribution in [3.05, 3.63) is 0 Å². The van der Waals surface area contributed by atoms with Gasteiger partial charge in [-0.1, -0.05) is 13.8 Å². The van der Waals surface area contributed by atoms with Gasteiger partial charge in [0, 0.05) is 12.1 Å². The maximum atomic E-state index is 11.4. The van der Waals surface area contributed by atoms with Gasteiger partial charge in [-0.3, -0.25) is 4.79 Å². The molecule has 0 radical (unpaired) electrons. The second kappa shape index (κ2) is 6.80. The third kappa shape index (κ3) is 7.33.